The minimum Gasteiger partial charge on any atom is -0.322 e. The SMILES string of the molecule is Cc1ccc2nc(CCCl)n(CC(F)F)c2c1. The molecular weight excluding hydrogens is 246 g/mol. The van der Waals surface area contributed by atoms with Gasteiger partial charge in [-0.3, -0.25) is 0 Å². The predicted octanol–water partition coefficient (Wildman–Crippen LogP) is 3.39. The Morgan fingerprint density at radius 1 is 1.41 bits per heavy atom. The standard InChI is InChI=1S/C12H13ClF2N2/c1-8-2-3-9-10(6-8)17(7-11(14)15)12(16-9)4-5-13/h2-3,6,11H,4-5,7H2,1H3. The lowest BCUT2D eigenvalue weighted by Gasteiger charge is -2.07. The van der Waals surface area contributed by atoms with Crippen molar-refractivity contribution in [2.75, 3.05) is 5.88 Å². The van der Waals surface area contributed by atoms with E-state index in [0.717, 1.165) is 16.6 Å². The molecular formula is C12H13ClF2N2. The van der Waals surface area contributed by atoms with E-state index in [0.29, 0.717) is 18.1 Å². The third-order valence-corrected chi connectivity index (χ3v) is 2.81. The summed E-state index contributed by atoms with van der Waals surface area (Å²) in [6.07, 6.45) is -1.89. The number of aromatic nitrogens is 2. The molecule has 0 aliphatic carbocycles. The van der Waals surface area contributed by atoms with E-state index in [9.17, 15) is 8.78 Å². The lowest BCUT2D eigenvalue weighted by atomic mass is 10.2. The van der Waals surface area contributed by atoms with Crippen LogP contribution in [0.5, 0.6) is 0 Å². The summed E-state index contributed by atoms with van der Waals surface area (Å²) in [5, 5.41) is 0. The van der Waals surface area contributed by atoms with Gasteiger partial charge in [0.2, 0.25) is 0 Å². The number of fused-ring (bicyclic) bond motifs is 1. The van der Waals surface area contributed by atoms with Crippen LogP contribution in [0.4, 0.5) is 8.78 Å². The highest BCUT2D eigenvalue weighted by Gasteiger charge is 2.14. The summed E-state index contributed by atoms with van der Waals surface area (Å²) < 4.78 is 26.7. The fourth-order valence-electron chi connectivity index (χ4n) is 1.90. The highest BCUT2D eigenvalue weighted by molar-refractivity contribution is 6.17. The molecule has 0 unspecified atom stereocenters. The number of halogens is 3. The molecule has 0 radical (unpaired) electrons. The van der Waals surface area contributed by atoms with Gasteiger partial charge in [0, 0.05) is 12.3 Å². The predicted molar refractivity (Wildman–Crippen MR) is 64.9 cm³/mol. The van der Waals surface area contributed by atoms with Gasteiger partial charge in [-0.2, -0.15) is 0 Å². The summed E-state index contributed by atoms with van der Waals surface area (Å²) in [6, 6.07) is 5.65. The van der Waals surface area contributed by atoms with Gasteiger partial charge in [0.25, 0.3) is 6.43 Å². The largest absolute Gasteiger partial charge is 0.322 e. The number of alkyl halides is 3. The van der Waals surface area contributed by atoms with Crippen LogP contribution < -0.4 is 0 Å². The zero-order valence-corrected chi connectivity index (χ0v) is 10.2. The van der Waals surface area contributed by atoms with Crippen molar-refractivity contribution < 1.29 is 8.78 Å². The first kappa shape index (κ1) is 12.3. The normalized spacial score (nSPS) is 11.6. The topological polar surface area (TPSA) is 17.8 Å². The van der Waals surface area contributed by atoms with Gasteiger partial charge in [0.1, 0.15) is 5.82 Å². The van der Waals surface area contributed by atoms with Gasteiger partial charge in [-0.05, 0) is 24.6 Å². The Hall–Kier alpha value is -1.16. The van der Waals surface area contributed by atoms with Crippen LogP contribution in [0.3, 0.4) is 0 Å². The smallest absolute Gasteiger partial charge is 0.256 e. The zero-order chi connectivity index (χ0) is 12.4. The molecule has 2 nitrogen and oxygen atoms in total. The lowest BCUT2D eigenvalue weighted by molar-refractivity contribution is 0.127. The molecule has 0 atom stereocenters. The lowest BCUT2D eigenvalue weighted by Crippen LogP contribution is -2.10. The van der Waals surface area contributed by atoms with Crippen molar-refractivity contribution in [3.63, 3.8) is 0 Å². The molecule has 0 fully saturated rings. The average Bonchev–Trinajstić information content (AvgIpc) is 2.57. The maximum Gasteiger partial charge on any atom is 0.256 e. The van der Waals surface area contributed by atoms with E-state index in [1.54, 1.807) is 4.57 Å². The molecule has 0 aliphatic rings. The van der Waals surface area contributed by atoms with E-state index >= 15 is 0 Å². The number of hydrogen-bond acceptors (Lipinski definition) is 1. The van der Waals surface area contributed by atoms with Crippen molar-refractivity contribution >= 4 is 22.6 Å². The Balaban J connectivity index is 2.55. The van der Waals surface area contributed by atoms with Crippen LogP contribution in [0.1, 0.15) is 11.4 Å². The molecule has 1 aromatic carbocycles. The molecule has 92 valence electrons. The van der Waals surface area contributed by atoms with Crippen LogP contribution in [0, 0.1) is 6.92 Å². The van der Waals surface area contributed by atoms with Gasteiger partial charge < -0.3 is 4.57 Å². The van der Waals surface area contributed by atoms with Gasteiger partial charge in [0.15, 0.2) is 0 Å². The molecule has 0 saturated heterocycles. The quantitative estimate of drug-likeness (QED) is 0.769. The zero-order valence-electron chi connectivity index (χ0n) is 9.46. The monoisotopic (exact) mass is 258 g/mol. The first-order valence-corrected chi connectivity index (χ1v) is 5.95. The molecule has 0 saturated carbocycles. The summed E-state index contributed by atoms with van der Waals surface area (Å²) in [4.78, 5) is 4.34. The van der Waals surface area contributed by atoms with Gasteiger partial charge in [-0.25, -0.2) is 13.8 Å². The number of imidazole rings is 1. The Morgan fingerprint density at radius 2 is 2.18 bits per heavy atom. The Kier molecular flexibility index (Phi) is 3.62. The molecule has 0 aliphatic heterocycles. The third kappa shape index (κ3) is 2.57. The molecule has 2 rings (SSSR count). The van der Waals surface area contributed by atoms with Gasteiger partial charge in [-0.15, -0.1) is 11.6 Å². The van der Waals surface area contributed by atoms with Crippen molar-refractivity contribution in [1.29, 1.82) is 0 Å². The molecule has 0 N–H and O–H groups in total. The summed E-state index contributed by atoms with van der Waals surface area (Å²) in [5.41, 5.74) is 2.53. The van der Waals surface area contributed by atoms with E-state index in [4.69, 9.17) is 11.6 Å². The van der Waals surface area contributed by atoms with Crippen molar-refractivity contribution in [3.8, 4) is 0 Å². The highest BCUT2D eigenvalue weighted by Crippen LogP contribution is 2.19. The fourth-order valence-corrected chi connectivity index (χ4v) is 2.07. The minimum atomic E-state index is -2.39. The number of nitrogens with zero attached hydrogens (tertiary/aromatic N) is 2. The molecule has 1 heterocycles. The van der Waals surface area contributed by atoms with Gasteiger partial charge in [-0.1, -0.05) is 6.07 Å². The summed E-state index contributed by atoms with van der Waals surface area (Å²) in [5.74, 6) is 1.01. The molecule has 17 heavy (non-hydrogen) atoms. The first-order valence-electron chi connectivity index (χ1n) is 5.41. The van der Waals surface area contributed by atoms with Crippen molar-refractivity contribution in [1.82, 2.24) is 9.55 Å². The number of hydrogen-bond donors (Lipinski definition) is 0. The second-order valence-electron chi connectivity index (χ2n) is 3.96. The van der Waals surface area contributed by atoms with Crippen molar-refractivity contribution in [2.24, 2.45) is 0 Å². The van der Waals surface area contributed by atoms with Crippen LogP contribution in [0.15, 0.2) is 18.2 Å². The van der Waals surface area contributed by atoms with Crippen LogP contribution >= 0.6 is 11.6 Å². The maximum atomic E-state index is 12.6. The molecule has 1 aromatic heterocycles. The van der Waals surface area contributed by atoms with E-state index in [1.807, 2.05) is 25.1 Å². The summed E-state index contributed by atoms with van der Waals surface area (Å²) in [7, 11) is 0. The number of rotatable bonds is 4. The number of aryl methyl sites for hydroxylation is 2. The summed E-state index contributed by atoms with van der Waals surface area (Å²) >= 11 is 5.66. The van der Waals surface area contributed by atoms with Gasteiger partial charge in [0.05, 0.1) is 17.6 Å². The van der Waals surface area contributed by atoms with E-state index in [2.05, 4.69) is 4.98 Å². The molecule has 0 amide bonds. The van der Waals surface area contributed by atoms with Crippen LogP contribution in [-0.4, -0.2) is 21.9 Å². The third-order valence-electron chi connectivity index (χ3n) is 2.62. The fraction of sp³-hybridized carbons (Fsp3) is 0.417. The van der Waals surface area contributed by atoms with E-state index < -0.39 is 6.43 Å². The Morgan fingerprint density at radius 3 is 2.82 bits per heavy atom. The second-order valence-corrected chi connectivity index (χ2v) is 4.34. The average molecular weight is 259 g/mol. The first-order chi connectivity index (χ1) is 8.11. The molecule has 2 aromatic rings. The highest BCUT2D eigenvalue weighted by atomic mass is 35.5. The Bertz CT molecular complexity index is 522. The van der Waals surface area contributed by atoms with Crippen LogP contribution in [-0.2, 0) is 13.0 Å². The minimum absolute atomic E-state index is 0.327. The number of benzene rings is 1. The van der Waals surface area contributed by atoms with Crippen molar-refractivity contribution in [2.45, 2.75) is 26.3 Å². The molecule has 5 heteroatoms. The molecule has 0 bridgehead atoms. The maximum absolute atomic E-state index is 12.6. The van der Waals surface area contributed by atoms with Gasteiger partial charge >= 0.3 is 0 Å². The van der Waals surface area contributed by atoms with Crippen molar-refractivity contribution in [3.05, 3.63) is 29.6 Å². The summed E-state index contributed by atoms with van der Waals surface area (Å²) in [6.45, 7) is 1.60. The van der Waals surface area contributed by atoms with Crippen LogP contribution in [0.2, 0.25) is 0 Å². The van der Waals surface area contributed by atoms with E-state index in [1.165, 1.54) is 0 Å². The van der Waals surface area contributed by atoms with E-state index in [-0.39, 0.29) is 6.54 Å². The van der Waals surface area contributed by atoms with Crippen LogP contribution in [0.25, 0.3) is 11.0 Å². The molecule has 0 spiro atoms. The Labute approximate surface area is 103 Å². The second kappa shape index (κ2) is 5.00.